The van der Waals surface area contributed by atoms with Crippen molar-refractivity contribution in [2.24, 2.45) is 5.92 Å². The number of carbonyl (C=O) groups is 1. The van der Waals surface area contributed by atoms with Crippen molar-refractivity contribution in [3.8, 4) is 0 Å². The number of aromatic nitrogens is 3. The Morgan fingerprint density at radius 1 is 1.00 bits per heavy atom. The van der Waals surface area contributed by atoms with E-state index in [9.17, 15) is 4.79 Å². The molecule has 0 fully saturated rings. The molecular formula is C23H20N4O. The number of hydrogen-bond donors (Lipinski definition) is 1. The van der Waals surface area contributed by atoms with Crippen molar-refractivity contribution in [1.29, 1.82) is 0 Å². The Balaban J connectivity index is 1.50. The SMILES string of the molecule is O=C1C[C@@H](/C=C/c2ccccc2)CC2=C1[C@@H](c1ccccc1)n1ncnc1N2. The minimum atomic E-state index is -0.221. The van der Waals surface area contributed by atoms with Gasteiger partial charge < -0.3 is 5.32 Å². The molecule has 138 valence electrons. The molecule has 2 aliphatic rings. The number of ketones is 1. The van der Waals surface area contributed by atoms with Crippen molar-refractivity contribution in [1.82, 2.24) is 14.8 Å². The van der Waals surface area contributed by atoms with E-state index in [1.165, 1.54) is 6.33 Å². The zero-order valence-corrected chi connectivity index (χ0v) is 15.3. The Bertz CT molecular complexity index is 1070. The van der Waals surface area contributed by atoms with Gasteiger partial charge >= 0.3 is 0 Å². The van der Waals surface area contributed by atoms with Crippen LogP contribution in [-0.4, -0.2) is 20.5 Å². The number of allylic oxidation sites excluding steroid dienone is 3. The first-order chi connectivity index (χ1) is 13.8. The van der Waals surface area contributed by atoms with Gasteiger partial charge in [-0.3, -0.25) is 4.79 Å². The molecule has 5 rings (SSSR count). The number of anilines is 1. The van der Waals surface area contributed by atoms with Gasteiger partial charge in [0.1, 0.15) is 12.4 Å². The molecule has 1 aliphatic heterocycles. The van der Waals surface area contributed by atoms with Gasteiger partial charge in [0, 0.05) is 17.7 Å². The van der Waals surface area contributed by atoms with E-state index in [-0.39, 0.29) is 17.7 Å². The minimum absolute atomic E-state index is 0.171. The predicted molar refractivity (Wildman–Crippen MR) is 108 cm³/mol. The van der Waals surface area contributed by atoms with Gasteiger partial charge in [-0.15, -0.1) is 0 Å². The van der Waals surface area contributed by atoms with Gasteiger partial charge in [0.25, 0.3) is 0 Å². The molecule has 2 aromatic carbocycles. The summed E-state index contributed by atoms with van der Waals surface area (Å²) < 4.78 is 1.81. The quantitative estimate of drug-likeness (QED) is 0.751. The summed E-state index contributed by atoms with van der Waals surface area (Å²) in [6, 6.07) is 20.0. The second-order valence-electron chi connectivity index (χ2n) is 7.22. The van der Waals surface area contributed by atoms with Crippen molar-refractivity contribution >= 4 is 17.8 Å². The third-order valence-corrected chi connectivity index (χ3v) is 5.37. The molecule has 0 radical (unpaired) electrons. The standard InChI is InChI=1S/C23H20N4O/c28-20-14-17(12-11-16-7-3-1-4-8-16)13-19-21(20)22(18-9-5-2-6-10-18)27-23(26-19)24-15-25-27/h1-12,15,17,22H,13-14H2,(H,24,25,26)/b12-11+/t17-,22+/m0/s1. The second kappa shape index (κ2) is 6.93. The van der Waals surface area contributed by atoms with Gasteiger partial charge in [-0.2, -0.15) is 10.1 Å². The van der Waals surface area contributed by atoms with Gasteiger partial charge in [-0.25, -0.2) is 4.68 Å². The number of nitrogens with zero attached hydrogens (tertiary/aromatic N) is 3. The number of fused-ring (bicyclic) bond motifs is 1. The highest BCUT2D eigenvalue weighted by Gasteiger charge is 2.38. The van der Waals surface area contributed by atoms with Crippen molar-refractivity contribution in [2.45, 2.75) is 18.9 Å². The van der Waals surface area contributed by atoms with Crippen LogP contribution in [0.25, 0.3) is 6.08 Å². The summed E-state index contributed by atoms with van der Waals surface area (Å²) in [5.41, 5.74) is 3.98. The average Bonchev–Trinajstić information content (AvgIpc) is 3.20. The van der Waals surface area contributed by atoms with Crippen LogP contribution in [0.5, 0.6) is 0 Å². The number of Topliss-reactive ketones (excluding diaryl/α,β-unsaturated/α-hetero) is 1. The van der Waals surface area contributed by atoms with Crippen molar-refractivity contribution in [3.63, 3.8) is 0 Å². The highest BCUT2D eigenvalue weighted by Crippen LogP contribution is 2.41. The Morgan fingerprint density at radius 2 is 1.75 bits per heavy atom. The molecule has 5 nitrogen and oxygen atoms in total. The third-order valence-electron chi connectivity index (χ3n) is 5.37. The Hall–Kier alpha value is -3.47. The molecular weight excluding hydrogens is 348 g/mol. The van der Waals surface area contributed by atoms with Crippen LogP contribution in [0, 0.1) is 5.92 Å². The molecule has 3 aromatic rings. The lowest BCUT2D eigenvalue weighted by Crippen LogP contribution is -2.33. The van der Waals surface area contributed by atoms with Crippen LogP contribution >= 0.6 is 0 Å². The summed E-state index contributed by atoms with van der Waals surface area (Å²) in [6.07, 6.45) is 7.09. The number of nitrogens with one attached hydrogen (secondary N) is 1. The first-order valence-corrected chi connectivity index (χ1v) is 9.50. The summed E-state index contributed by atoms with van der Waals surface area (Å²) in [4.78, 5) is 17.5. The molecule has 1 aliphatic carbocycles. The van der Waals surface area contributed by atoms with E-state index in [4.69, 9.17) is 0 Å². The normalized spacial score (nSPS) is 21.4. The maximum atomic E-state index is 13.2. The van der Waals surface area contributed by atoms with E-state index in [0.29, 0.717) is 12.4 Å². The highest BCUT2D eigenvalue weighted by molar-refractivity contribution is 5.99. The fourth-order valence-electron chi connectivity index (χ4n) is 4.07. The van der Waals surface area contributed by atoms with E-state index in [1.54, 1.807) is 0 Å². The van der Waals surface area contributed by atoms with Gasteiger partial charge in [-0.1, -0.05) is 72.8 Å². The van der Waals surface area contributed by atoms with Crippen LogP contribution in [0.2, 0.25) is 0 Å². The van der Waals surface area contributed by atoms with E-state index < -0.39 is 0 Å². The van der Waals surface area contributed by atoms with Crippen molar-refractivity contribution in [2.75, 3.05) is 5.32 Å². The van der Waals surface area contributed by atoms with E-state index in [1.807, 2.05) is 53.2 Å². The van der Waals surface area contributed by atoms with Crippen LogP contribution in [0.1, 0.15) is 30.0 Å². The molecule has 0 bridgehead atoms. The second-order valence-corrected chi connectivity index (χ2v) is 7.22. The molecule has 0 amide bonds. The maximum Gasteiger partial charge on any atom is 0.226 e. The zero-order valence-electron chi connectivity index (χ0n) is 15.3. The molecule has 28 heavy (non-hydrogen) atoms. The molecule has 0 spiro atoms. The monoisotopic (exact) mass is 368 g/mol. The van der Waals surface area contributed by atoms with Crippen LogP contribution < -0.4 is 5.32 Å². The molecule has 5 heteroatoms. The number of hydrogen-bond acceptors (Lipinski definition) is 4. The van der Waals surface area contributed by atoms with Gasteiger partial charge in [0.15, 0.2) is 5.78 Å². The van der Waals surface area contributed by atoms with Gasteiger partial charge in [-0.05, 0) is 23.5 Å². The van der Waals surface area contributed by atoms with E-state index in [0.717, 1.165) is 28.8 Å². The highest BCUT2D eigenvalue weighted by atomic mass is 16.1. The van der Waals surface area contributed by atoms with E-state index >= 15 is 0 Å². The summed E-state index contributed by atoms with van der Waals surface area (Å²) in [5.74, 6) is 1.03. The lowest BCUT2D eigenvalue weighted by Gasteiger charge is -2.34. The number of rotatable bonds is 3. The summed E-state index contributed by atoms with van der Waals surface area (Å²) in [5, 5.41) is 7.73. The van der Waals surface area contributed by atoms with Gasteiger partial charge in [0.05, 0.1) is 0 Å². The minimum Gasteiger partial charge on any atom is -0.328 e. The zero-order chi connectivity index (χ0) is 18.9. The lowest BCUT2D eigenvalue weighted by molar-refractivity contribution is -0.117. The van der Waals surface area contributed by atoms with Crippen LogP contribution in [0.3, 0.4) is 0 Å². The Morgan fingerprint density at radius 3 is 2.54 bits per heavy atom. The van der Waals surface area contributed by atoms with Gasteiger partial charge in [0.2, 0.25) is 5.95 Å². The first-order valence-electron chi connectivity index (χ1n) is 9.50. The largest absolute Gasteiger partial charge is 0.328 e. The predicted octanol–water partition coefficient (Wildman–Crippen LogP) is 4.24. The molecule has 2 heterocycles. The lowest BCUT2D eigenvalue weighted by atomic mass is 9.80. The van der Waals surface area contributed by atoms with Crippen LogP contribution in [0.15, 0.2) is 84.3 Å². The molecule has 1 aromatic heterocycles. The smallest absolute Gasteiger partial charge is 0.226 e. The molecule has 0 unspecified atom stereocenters. The van der Waals surface area contributed by atoms with Crippen LogP contribution in [0.4, 0.5) is 5.95 Å². The topological polar surface area (TPSA) is 59.8 Å². The molecule has 0 saturated carbocycles. The van der Waals surface area contributed by atoms with Crippen LogP contribution in [-0.2, 0) is 4.79 Å². The number of carbonyl (C=O) groups excluding carboxylic acids is 1. The third kappa shape index (κ3) is 2.95. The van der Waals surface area contributed by atoms with Crippen molar-refractivity contribution in [3.05, 3.63) is 95.5 Å². The Kier molecular flexibility index (Phi) is 4.13. The molecule has 1 N–H and O–H groups in total. The maximum absolute atomic E-state index is 13.2. The summed E-state index contributed by atoms with van der Waals surface area (Å²) >= 11 is 0. The fourth-order valence-corrected chi connectivity index (χ4v) is 4.07. The average molecular weight is 368 g/mol. The molecule has 0 saturated heterocycles. The van der Waals surface area contributed by atoms with Crippen molar-refractivity contribution < 1.29 is 4.79 Å². The Labute approximate surface area is 163 Å². The van der Waals surface area contributed by atoms with E-state index in [2.05, 4.69) is 39.7 Å². The summed E-state index contributed by atoms with van der Waals surface area (Å²) in [6.45, 7) is 0. The number of benzene rings is 2. The summed E-state index contributed by atoms with van der Waals surface area (Å²) in [7, 11) is 0. The fraction of sp³-hybridized carbons (Fsp3) is 0.174. The molecule has 2 atom stereocenters. The first kappa shape index (κ1) is 16.7.